The molecule has 0 aromatic heterocycles. The largest absolute Gasteiger partial charge is 0.398 e. The molecule has 17 heavy (non-hydrogen) atoms. The summed E-state index contributed by atoms with van der Waals surface area (Å²) < 4.78 is 6.70. The smallest absolute Gasteiger partial charge is 0.0576 e. The highest BCUT2D eigenvalue weighted by Gasteiger charge is 2.14. The molecule has 1 saturated heterocycles. The summed E-state index contributed by atoms with van der Waals surface area (Å²) in [7, 11) is 0. The number of nitrogen functional groups attached to an aromatic ring is 1. The maximum absolute atomic E-state index is 5.93. The molecule has 2 N–H and O–H groups in total. The van der Waals surface area contributed by atoms with Gasteiger partial charge in [-0.15, -0.1) is 11.8 Å². The zero-order valence-corrected chi connectivity index (χ0v) is 12.2. The molecule has 1 unspecified atom stereocenters. The van der Waals surface area contributed by atoms with Gasteiger partial charge in [-0.25, -0.2) is 0 Å². The number of thioether (sulfide) groups is 1. The van der Waals surface area contributed by atoms with Gasteiger partial charge in [0.15, 0.2) is 0 Å². The van der Waals surface area contributed by atoms with E-state index in [0.717, 1.165) is 22.5 Å². The van der Waals surface area contributed by atoms with Gasteiger partial charge < -0.3 is 10.5 Å². The molecule has 0 spiro atoms. The van der Waals surface area contributed by atoms with Crippen LogP contribution >= 0.6 is 27.7 Å². The molecule has 1 aliphatic rings. The van der Waals surface area contributed by atoms with Crippen LogP contribution in [0.2, 0.25) is 0 Å². The van der Waals surface area contributed by atoms with Crippen molar-refractivity contribution in [2.75, 3.05) is 18.1 Å². The second kappa shape index (κ2) is 6.66. The van der Waals surface area contributed by atoms with Crippen molar-refractivity contribution in [3.8, 4) is 0 Å². The van der Waals surface area contributed by atoms with Crippen LogP contribution < -0.4 is 5.73 Å². The summed E-state index contributed by atoms with van der Waals surface area (Å²) in [6, 6.07) is 6.02. The summed E-state index contributed by atoms with van der Waals surface area (Å²) in [4.78, 5) is 1.17. The molecule has 1 aromatic rings. The highest BCUT2D eigenvalue weighted by atomic mass is 79.9. The molecule has 1 aromatic carbocycles. The lowest BCUT2D eigenvalue weighted by atomic mass is 10.1. The van der Waals surface area contributed by atoms with Gasteiger partial charge in [-0.05, 0) is 49.6 Å². The van der Waals surface area contributed by atoms with E-state index < -0.39 is 0 Å². The standard InChI is InChI=1S/C13H18BrNOS/c14-10-5-6-12(15)13(9-10)17-8-2-4-11-3-1-7-16-11/h5-6,9,11H,1-4,7-8,15H2. The first kappa shape index (κ1) is 13.2. The minimum absolute atomic E-state index is 0.510. The van der Waals surface area contributed by atoms with E-state index >= 15 is 0 Å². The average molecular weight is 316 g/mol. The van der Waals surface area contributed by atoms with Crippen molar-refractivity contribution in [1.29, 1.82) is 0 Å². The number of hydrogen-bond donors (Lipinski definition) is 1. The summed E-state index contributed by atoms with van der Waals surface area (Å²) in [5.74, 6) is 1.11. The van der Waals surface area contributed by atoms with Crippen molar-refractivity contribution in [2.45, 2.75) is 36.7 Å². The molecule has 4 heteroatoms. The maximum atomic E-state index is 5.93. The van der Waals surface area contributed by atoms with Gasteiger partial charge in [-0.2, -0.15) is 0 Å². The number of rotatable bonds is 5. The fourth-order valence-electron chi connectivity index (χ4n) is 2.00. The van der Waals surface area contributed by atoms with Crippen LogP contribution in [0.25, 0.3) is 0 Å². The maximum Gasteiger partial charge on any atom is 0.0576 e. The van der Waals surface area contributed by atoms with Crippen molar-refractivity contribution in [1.82, 2.24) is 0 Å². The van der Waals surface area contributed by atoms with Gasteiger partial charge in [0.1, 0.15) is 0 Å². The average Bonchev–Trinajstić information content (AvgIpc) is 2.82. The molecule has 1 aliphatic heterocycles. The monoisotopic (exact) mass is 315 g/mol. The first-order valence-corrected chi connectivity index (χ1v) is 7.83. The van der Waals surface area contributed by atoms with E-state index in [1.165, 1.54) is 30.6 Å². The second-order valence-corrected chi connectivity index (χ2v) is 6.36. The quantitative estimate of drug-likeness (QED) is 0.505. The van der Waals surface area contributed by atoms with Gasteiger partial charge in [0.05, 0.1) is 6.10 Å². The molecule has 0 saturated carbocycles. The molecule has 94 valence electrons. The third-order valence-electron chi connectivity index (χ3n) is 2.93. The molecular formula is C13H18BrNOS. The Kier molecular flexibility index (Phi) is 5.19. The Balaban J connectivity index is 1.72. The van der Waals surface area contributed by atoms with Crippen LogP contribution in [0.1, 0.15) is 25.7 Å². The molecule has 1 heterocycles. The van der Waals surface area contributed by atoms with E-state index in [9.17, 15) is 0 Å². The normalized spacial score (nSPS) is 19.7. The van der Waals surface area contributed by atoms with E-state index in [-0.39, 0.29) is 0 Å². The summed E-state index contributed by atoms with van der Waals surface area (Å²) >= 11 is 5.30. The van der Waals surface area contributed by atoms with Crippen LogP contribution in [0.5, 0.6) is 0 Å². The topological polar surface area (TPSA) is 35.2 Å². The van der Waals surface area contributed by atoms with Crippen LogP contribution in [0.4, 0.5) is 5.69 Å². The first-order valence-electron chi connectivity index (χ1n) is 6.05. The molecule has 2 rings (SSSR count). The molecule has 0 aliphatic carbocycles. The Hall–Kier alpha value is -0.190. The van der Waals surface area contributed by atoms with Gasteiger partial charge in [-0.1, -0.05) is 15.9 Å². The molecule has 2 nitrogen and oxygen atoms in total. The molecule has 0 amide bonds. The van der Waals surface area contributed by atoms with Crippen LogP contribution in [0, 0.1) is 0 Å². The van der Waals surface area contributed by atoms with Gasteiger partial charge in [0, 0.05) is 21.7 Å². The van der Waals surface area contributed by atoms with Gasteiger partial charge in [0.25, 0.3) is 0 Å². The third-order valence-corrected chi connectivity index (χ3v) is 4.58. The van der Waals surface area contributed by atoms with E-state index in [2.05, 4.69) is 22.0 Å². The number of benzene rings is 1. The van der Waals surface area contributed by atoms with Crippen molar-refractivity contribution in [2.24, 2.45) is 0 Å². The lowest BCUT2D eigenvalue weighted by Crippen LogP contribution is -2.04. The number of hydrogen-bond acceptors (Lipinski definition) is 3. The number of ether oxygens (including phenoxy) is 1. The van der Waals surface area contributed by atoms with E-state index in [1.807, 2.05) is 23.9 Å². The first-order chi connectivity index (χ1) is 8.25. The second-order valence-electron chi connectivity index (χ2n) is 4.31. The van der Waals surface area contributed by atoms with Gasteiger partial charge in [0.2, 0.25) is 0 Å². The summed E-state index contributed by atoms with van der Waals surface area (Å²) in [6.07, 6.45) is 5.36. The predicted molar refractivity (Wildman–Crippen MR) is 77.5 cm³/mol. The van der Waals surface area contributed by atoms with E-state index in [0.29, 0.717) is 6.10 Å². The Morgan fingerprint density at radius 3 is 3.12 bits per heavy atom. The zero-order valence-electron chi connectivity index (χ0n) is 9.82. The number of nitrogens with two attached hydrogens (primary N) is 1. The third kappa shape index (κ3) is 4.19. The van der Waals surface area contributed by atoms with Gasteiger partial charge in [-0.3, -0.25) is 0 Å². The van der Waals surface area contributed by atoms with Crippen molar-refractivity contribution in [3.63, 3.8) is 0 Å². The minimum atomic E-state index is 0.510. The van der Waals surface area contributed by atoms with E-state index in [4.69, 9.17) is 10.5 Å². The zero-order chi connectivity index (χ0) is 12.1. The van der Waals surface area contributed by atoms with Gasteiger partial charge >= 0.3 is 0 Å². The molecule has 1 atom stereocenters. The number of halogens is 1. The summed E-state index contributed by atoms with van der Waals surface area (Å²) in [5.41, 5.74) is 6.80. The Bertz CT molecular complexity index is 366. The van der Waals surface area contributed by atoms with Crippen LogP contribution in [0.15, 0.2) is 27.6 Å². The fourth-order valence-corrected chi connectivity index (χ4v) is 3.49. The highest BCUT2D eigenvalue weighted by molar-refractivity contribution is 9.10. The van der Waals surface area contributed by atoms with Crippen molar-refractivity contribution < 1.29 is 4.74 Å². The predicted octanol–water partition coefficient (Wildman–Crippen LogP) is 4.08. The highest BCUT2D eigenvalue weighted by Crippen LogP contribution is 2.29. The minimum Gasteiger partial charge on any atom is -0.398 e. The van der Waals surface area contributed by atoms with Crippen LogP contribution in [0.3, 0.4) is 0 Å². The molecule has 1 fully saturated rings. The van der Waals surface area contributed by atoms with E-state index in [1.54, 1.807) is 0 Å². The van der Waals surface area contributed by atoms with Crippen molar-refractivity contribution in [3.05, 3.63) is 22.7 Å². The lowest BCUT2D eigenvalue weighted by molar-refractivity contribution is 0.104. The molecule has 0 bridgehead atoms. The molecule has 0 radical (unpaired) electrons. The lowest BCUT2D eigenvalue weighted by Gasteiger charge is -2.09. The molecular weight excluding hydrogens is 298 g/mol. The fraction of sp³-hybridized carbons (Fsp3) is 0.538. The summed E-state index contributed by atoms with van der Waals surface area (Å²) in [5, 5.41) is 0. The van der Waals surface area contributed by atoms with Crippen molar-refractivity contribution >= 4 is 33.4 Å². The Morgan fingerprint density at radius 2 is 2.35 bits per heavy atom. The van der Waals surface area contributed by atoms with Crippen LogP contribution in [-0.4, -0.2) is 18.5 Å². The SMILES string of the molecule is Nc1ccc(Br)cc1SCCCC1CCCO1. The number of anilines is 1. The summed E-state index contributed by atoms with van der Waals surface area (Å²) in [6.45, 7) is 0.955. The Labute approximate surface area is 115 Å². The van der Waals surface area contributed by atoms with Crippen LogP contribution in [-0.2, 0) is 4.74 Å². The Morgan fingerprint density at radius 1 is 1.47 bits per heavy atom.